The van der Waals surface area contributed by atoms with Gasteiger partial charge in [-0.15, -0.1) is 0 Å². The molecule has 0 aliphatic carbocycles. The van der Waals surface area contributed by atoms with Crippen LogP contribution < -0.4 is 9.47 Å². The van der Waals surface area contributed by atoms with Crippen molar-refractivity contribution in [3.05, 3.63) is 23.8 Å². The van der Waals surface area contributed by atoms with Crippen molar-refractivity contribution in [3.63, 3.8) is 0 Å². The fourth-order valence-electron chi connectivity index (χ4n) is 1.00. The highest BCUT2D eigenvalue weighted by Crippen LogP contribution is 2.31. The van der Waals surface area contributed by atoms with Gasteiger partial charge in [-0.25, -0.2) is 0 Å². The zero-order valence-electron chi connectivity index (χ0n) is 7.33. The maximum Gasteiger partial charge on any atom is 0.387 e. The summed E-state index contributed by atoms with van der Waals surface area (Å²) in [5, 5.41) is 8.64. The minimum absolute atomic E-state index is 0.0234. The topological polar surface area (TPSA) is 42.2 Å². The van der Waals surface area contributed by atoms with E-state index in [9.17, 15) is 8.78 Å². The highest BCUT2D eigenvalue weighted by Gasteiger charge is 2.13. The van der Waals surface area contributed by atoms with Gasteiger partial charge < -0.3 is 9.47 Å². The number of nitrogens with zero attached hydrogens (tertiary/aromatic N) is 1. The van der Waals surface area contributed by atoms with Crippen LogP contribution in [0.2, 0.25) is 0 Å². The van der Waals surface area contributed by atoms with Crippen LogP contribution in [0.5, 0.6) is 11.5 Å². The Labute approximate surface area is 79.5 Å². The second-order valence-corrected chi connectivity index (χ2v) is 2.33. The first-order valence-electron chi connectivity index (χ1n) is 3.71. The van der Waals surface area contributed by atoms with E-state index in [1.54, 1.807) is 0 Å². The number of rotatable bonds is 3. The van der Waals surface area contributed by atoms with E-state index in [1.807, 2.05) is 6.07 Å². The second kappa shape index (κ2) is 4.42. The normalized spacial score (nSPS) is 9.64. The lowest BCUT2D eigenvalue weighted by Crippen LogP contribution is -2.04. The molecule has 0 aromatic heterocycles. The number of para-hydroxylation sites is 1. The summed E-state index contributed by atoms with van der Waals surface area (Å²) in [6.45, 7) is -2.93. The summed E-state index contributed by atoms with van der Waals surface area (Å²) in [7, 11) is 1.29. The summed E-state index contributed by atoms with van der Waals surface area (Å²) in [4.78, 5) is 0. The summed E-state index contributed by atoms with van der Waals surface area (Å²) < 4.78 is 32.8. The second-order valence-electron chi connectivity index (χ2n) is 2.33. The Bertz CT molecular complexity index is 360. The summed E-state index contributed by atoms with van der Waals surface area (Å²) in [5.41, 5.74) is 0.158. The van der Waals surface area contributed by atoms with E-state index in [1.165, 1.54) is 25.3 Å². The van der Waals surface area contributed by atoms with Gasteiger partial charge in [-0.3, -0.25) is 0 Å². The van der Waals surface area contributed by atoms with E-state index in [2.05, 4.69) is 4.74 Å². The molecule has 0 unspecified atom stereocenters. The van der Waals surface area contributed by atoms with Crippen LogP contribution in [0.3, 0.4) is 0 Å². The SMILES string of the molecule is COc1c(C#N)cccc1OC(F)F. The first-order valence-corrected chi connectivity index (χ1v) is 3.71. The molecule has 0 spiro atoms. The van der Waals surface area contributed by atoms with Crippen LogP contribution in [0.1, 0.15) is 5.56 Å². The standard InChI is InChI=1S/C9H7F2NO2/c1-13-8-6(5-12)3-2-4-7(8)14-9(10)11/h2-4,9H,1H3. The van der Waals surface area contributed by atoms with Crippen molar-refractivity contribution in [1.82, 2.24) is 0 Å². The Morgan fingerprint density at radius 2 is 2.14 bits per heavy atom. The van der Waals surface area contributed by atoms with Gasteiger partial charge in [-0.1, -0.05) is 6.07 Å². The number of methoxy groups -OCH3 is 1. The highest BCUT2D eigenvalue weighted by molar-refractivity contribution is 5.52. The van der Waals surface area contributed by atoms with Gasteiger partial charge in [0, 0.05) is 0 Å². The molecule has 0 saturated carbocycles. The molecule has 0 saturated heterocycles. The number of halogens is 2. The molecule has 14 heavy (non-hydrogen) atoms. The predicted octanol–water partition coefficient (Wildman–Crippen LogP) is 2.17. The third-order valence-corrected chi connectivity index (χ3v) is 1.52. The summed E-state index contributed by atoms with van der Waals surface area (Å²) in [6, 6.07) is 6.02. The molecule has 0 aliphatic heterocycles. The lowest BCUT2D eigenvalue weighted by Gasteiger charge is -2.09. The van der Waals surface area contributed by atoms with Crippen LogP contribution in [0.25, 0.3) is 0 Å². The highest BCUT2D eigenvalue weighted by atomic mass is 19.3. The van der Waals surface area contributed by atoms with E-state index in [-0.39, 0.29) is 17.1 Å². The summed E-state index contributed by atoms with van der Waals surface area (Å²) in [6.07, 6.45) is 0. The Morgan fingerprint density at radius 3 is 2.64 bits per heavy atom. The third kappa shape index (κ3) is 2.10. The van der Waals surface area contributed by atoms with Crippen LogP contribution in [0.15, 0.2) is 18.2 Å². The Morgan fingerprint density at radius 1 is 1.43 bits per heavy atom. The summed E-state index contributed by atoms with van der Waals surface area (Å²) >= 11 is 0. The van der Waals surface area contributed by atoms with Crippen molar-refractivity contribution in [2.45, 2.75) is 6.61 Å². The van der Waals surface area contributed by atoms with Gasteiger partial charge in [-0.2, -0.15) is 14.0 Å². The van der Waals surface area contributed by atoms with Crippen molar-refractivity contribution in [1.29, 1.82) is 5.26 Å². The van der Waals surface area contributed by atoms with Gasteiger partial charge in [0.05, 0.1) is 12.7 Å². The van der Waals surface area contributed by atoms with Crippen LogP contribution in [0.4, 0.5) is 8.78 Å². The lowest BCUT2D eigenvalue weighted by molar-refractivity contribution is -0.0512. The van der Waals surface area contributed by atoms with Crippen molar-refractivity contribution < 1.29 is 18.3 Å². The molecule has 0 atom stereocenters. The van der Waals surface area contributed by atoms with Crippen LogP contribution in [-0.2, 0) is 0 Å². The van der Waals surface area contributed by atoms with Gasteiger partial charge in [0.1, 0.15) is 6.07 Å². The molecule has 3 nitrogen and oxygen atoms in total. The number of hydrogen-bond acceptors (Lipinski definition) is 3. The molecule has 5 heteroatoms. The van der Waals surface area contributed by atoms with E-state index in [4.69, 9.17) is 10.00 Å². The molecule has 74 valence electrons. The fraction of sp³-hybridized carbons (Fsp3) is 0.222. The number of hydrogen-bond donors (Lipinski definition) is 0. The smallest absolute Gasteiger partial charge is 0.387 e. The molecular weight excluding hydrogens is 192 g/mol. The quantitative estimate of drug-likeness (QED) is 0.749. The molecule has 1 aromatic carbocycles. The molecule has 0 N–H and O–H groups in total. The molecule has 0 radical (unpaired) electrons. The van der Waals surface area contributed by atoms with E-state index in [0.717, 1.165) is 0 Å². The lowest BCUT2D eigenvalue weighted by atomic mass is 10.2. The average molecular weight is 199 g/mol. The maximum atomic E-state index is 11.9. The molecule has 0 amide bonds. The fourth-order valence-corrected chi connectivity index (χ4v) is 1.00. The number of ether oxygens (including phenoxy) is 2. The van der Waals surface area contributed by atoms with Crippen LogP contribution >= 0.6 is 0 Å². The number of nitriles is 1. The Hall–Kier alpha value is -1.83. The zero-order chi connectivity index (χ0) is 10.6. The van der Waals surface area contributed by atoms with Crippen molar-refractivity contribution >= 4 is 0 Å². The van der Waals surface area contributed by atoms with Crippen LogP contribution in [0, 0.1) is 11.3 Å². The Kier molecular flexibility index (Phi) is 3.24. The van der Waals surface area contributed by atoms with E-state index in [0.29, 0.717) is 0 Å². The molecule has 0 heterocycles. The Balaban J connectivity index is 3.10. The van der Waals surface area contributed by atoms with Gasteiger partial charge in [0.25, 0.3) is 0 Å². The van der Waals surface area contributed by atoms with E-state index < -0.39 is 6.61 Å². The molecule has 1 aromatic rings. The molecule has 1 rings (SSSR count). The number of benzene rings is 1. The van der Waals surface area contributed by atoms with Crippen molar-refractivity contribution in [3.8, 4) is 17.6 Å². The van der Waals surface area contributed by atoms with Gasteiger partial charge >= 0.3 is 6.61 Å². The molecule has 0 bridgehead atoms. The monoisotopic (exact) mass is 199 g/mol. The average Bonchev–Trinajstić information content (AvgIpc) is 2.16. The van der Waals surface area contributed by atoms with Gasteiger partial charge in [0.2, 0.25) is 0 Å². The van der Waals surface area contributed by atoms with Gasteiger partial charge in [-0.05, 0) is 12.1 Å². The van der Waals surface area contributed by atoms with Crippen molar-refractivity contribution in [2.24, 2.45) is 0 Å². The molecule has 0 fully saturated rings. The minimum atomic E-state index is -2.93. The van der Waals surface area contributed by atoms with Crippen molar-refractivity contribution in [2.75, 3.05) is 7.11 Å². The largest absolute Gasteiger partial charge is 0.492 e. The molecule has 0 aliphatic rings. The predicted molar refractivity (Wildman–Crippen MR) is 44.3 cm³/mol. The third-order valence-electron chi connectivity index (χ3n) is 1.52. The number of alkyl halides is 2. The first kappa shape index (κ1) is 10.3. The molecular formula is C9H7F2NO2. The first-order chi connectivity index (χ1) is 6.69. The van der Waals surface area contributed by atoms with Gasteiger partial charge in [0.15, 0.2) is 11.5 Å². The maximum absolute atomic E-state index is 11.9. The van der Waals surface area contributed by atoms with Crippen LogP contribution in [-0.4, -0.2) is 13.7 Å². The summed E-state index contributed by atoms with van der Waals surface area (Å²) in [5.74, 6) is -0.114. The van der Waals surface area contributed by atoms with E-state index >= 15 is 0 Å². The zero-order valence-corrected chi connectivity index (χ0v) is 7.33. The minimum Gasteiger partial charge on any atom is -0.492 e.